The lowest BCUT2D eigenvalue weighted by Gasteiger charge is -2.46. The van der Waals surface area contributed by atoms with Crippen molar-refractivity contribution in [2.75, 3.05) is 25.0 Å². The van der Waals surface area contributed by atoms with Crippen molar-refractivity contribution in [3.63, 3.8) is 0 Å². The number of imide groups is 1. The van der Waals surface area contributed by atoms with E-state index in [1.807, 2.05) is 17.0 Å². The van der Waals surface area contributed by atoms with E-state index in [0.29, 0.717) is 24.9 Å². The van der Waals surface area contributed by atoms with Gasteiger partial charge in [0.25, 0.3) is 0 Å². The minimum Gasteiger partial charge on any atom is -0.372 e. The maximum absolute atomic E-state index is 13.2. The summed E-state index contributed by atoms with van der Waals surface area (Å²) in [6, 6.07) is 12.5. The summed E-state index contributed by atoms with van der Waals surface area (Å²) in [4.78, 5) is 42.3. The quantitative estimate of drug-likeness (QED) is 0.723. The van der Waals surface area contributed by atoms with Gasteiger partial charge in [0.1, 0.15) is 6.54 Å². The number of likely N-dealkylation sites (tertiary alicyclic amines) is 2. The molecule has 4 atom stereocenters. The van der Waals surface area contributed by atoms with Gasteiger partial charge in [0, 0.05) is 25.0 Å². The fourth-order valence-corrected chi connectivity index (χ4v) is 7.47. The minimum atomic E-state index is -0.218. The molecule has 7 rings (SSSR count). The third kappa shape index (κ3) is 2.59. The molecule has 2 aromatic rings. The van der Waals surface area contributed by atoms with Crippen LogP contribution in [0.2, 0.25) is 0 Å². The van der Waals surface area contributed by atoms with Crippen molar-refractivity contribution < 1.29 is 14.4 Å². The number of aromatic nitrogens is 1. The van der Waals surface area contributed by atoms with Crippen molar-refractivity contribution in [2.45, 2.75) is 37.6 Å². The zero-order valence-corrected chi connectivity index (χ0v) is 18.6. The van der Waals surface area contributed by atoms with Crippen LogP contribution in [-0.4, -0.2) is 51.7 Å². The zero-order valence-electron chi connectivity index (χ0n) is 18.6. The fraction of sp³-hybridized carbons (Fsp3) is 0.500. The van der Waals surface area contributed by atoms with Crippen LogP contribution in [0.25, 0.3) is 5.69 Å². The highest BCUT2D eigenvalue weighted by Gasteiger charge is 2.61. The Morgan fingerprint density at radius 2 is 1.67 bits per heavy atom. The van der Waals surface area contributed by atoms with E-state index in [4.69, 9.17) is 0 Å². The molecule has 2 saturated carbocycles. The van der Waals surface area contributed by atoms with E-state index in [9.17, 15) is 14.4 Å². The smallest absolute Gasteiger partial charge is 0.242 e. The maximum atomic E-state index is 13.2. The van der Waals surface area contributed by atoms with E-state index in [2.05, 4.69) is 40.3 Å². The van der Waals surface area contributed by atoms with Gasteiger partial charge < -0.3 is 14.8 Å². The third-order valence-electron chi connectivity index (χ3n) is 9.06. The van der Waals surface area contributed by atoms with Gasteiger partial charge in [-0.2, -0.15) is 0 Å². The van der Waals surface area contributed by atoms with Gasteiger partial charge in [0.2, 0.25) is 17.7 Å². The van der Waals surface area contributed by atoms with Crippen molar-refractivity contribution in [1.29, 1.82) is 0 Å². The molecule has 7 nitrogen and oxygen atoms in total. The Morgan fingerprint density at radius 3 is 2.39 bits per heavy atom. The number of anilines is 1. The van der Waals surface area contributed by atoms with E-state index in [-0.39, 0.29) is 41.6 Å². The van der Waals surface area contributed by atoms with Crippen LogP contribution >= 0.6 is 0 Å². The van der Waals surface area contributed by atoms with Crippen LogP contribution in [-0.2, 0) is 19.9 Å². The molecule has 2 bridgehead atoms. The first-order chi connectivity index (χ1) is 16.1. The van der Waals surface area contributed by atoms with Crippen LogP contribution in [0.5, 0.6) is 0 Å². The molecular formula is C26H28N4O3. The Bertz CT molecular complexity index is 1150. The van der Waals surface area contributed by atoms with Gasteiger partial charge in [0.15, 0.2) is 0 Å². The predicted octanol–water partition coefficient (Wildman–Crippen LogP) is 2.75. The number of amides is 3. The van der Waals surface area contributed by atoms with E-state index in [1.54, 1.807) is 0 Å². The largest absolute Gasteiger partial charge is 0.372 e. The number of fused-ring (bicyclic) bond motifs is 9. The number of nitrogens with one attached hydrogen (secondary N) is 1. The molecule has 33 heavy (non-hydrogen) atoms. The summed E-state index contributed by atoms with van der Waals surface area (Å²) in [6.45, 7) is 1.12. The van der Waals surface area contributed by atoms with E-state index >= 15 is 0 Å². The molecule has 1 aromatic carbocycles. The second-order valence-corrected chi connectivity index (χ2v) is 10.5. The number of hydrogen-bond donors (Lipinski definition) is 1. The van der Waals surface area contributed by atoms with Crippen LogP contribution in [0.3, 0.4) is 0 Å². The Morgan fingerprint density at radius 1 is 0.970 bits per heavy atom. The number of benzene rings is 1. The summed E-state index contributed by atoms with van der Waals surface area (Å²) in [6.07, 6.45) is 6.80. The topological polar surface area (TPSA) is 74.7 Å². The van der Waals surface area contributed by atoms with Crippen molar-refractivity contribution in [3.05, 3.63) is 48.3 Å². The monoisotopic (exact) mass is 444 g/mol. The second kappa shape index (κ2) is 6.72. The molecule has 0 radical (unpaired) electrons. The first kappa shape index (κ1) is 19.4. The number of carbonyl (C=O) groups excluding carboxylic acids is 3. The lowest BCUT2D eigenvalue weighted by atomic mass is 9.81. The van der Waals surface area contributed by atoms with E-state index in [1.165, 1.54) is 10.6 Å². The van der Waals surface area contributed by atoms with Crippen LogP contribution in [0.1, 0.15) is 37.8 Å². The molecule has 2 aliphatic carbocycles. The molecule has 1 aromatic heterocycles. The molecule has 4 fully saturated rings. The summed E-state index contributed by atoms with van der Waals surface area (Å²) in [7, 11) is 0. The van der Waals surface area contributed by atoms with Gasteiger partial charge >= 0.3 is 0 Å². The molecule has 170 valence electrons. The molecule has 3 aliphatic heterocycles. The van der Waals surface area contributed by atoms with Gasteiger partial charge in [0.05, 0.1) is 28.7 Å². The van der Waals surface area contributed by atoms with Crippen molar-refractivity contribution >= 4 is 23.4 Å². The Kier molecular flexibility index (Phi) is 3.94. The first-order valence-corrected chi connectivity index (χ1v) is 12.2. The SMILES string of the molecule is O=C(CN1C(=O)[C@@H]2[C@H]3CC[C@@H](C3)[C@@H]2C1=O)N1CCC2(CC1)Nc1ccccc1-n1cccc12. The number of nitrogens with zero attached hydrogens (tertiary/aromatic N) is 3. The molecule has 7 heteroatoms. The minimum absolute atomic E-state index is 0.0935. The summed E-state index contributed by atoms with van der Waals surface area (Å²) in [5, 5.41) is 3.77. The van der Waals surface area contributed by atoms with Gasteiger partial charge in [-0.15, -0.1) is 0 Å². The number of carbonyl (C=O) groups is 3. The summed E-state index contributed by atoms with van der Waals surface area (Å²) in [5.41, 5.74) is 3.26. The lowest BCUT2D eigenvalue weighted by Crippen LogP contribution is -2.53. The summed E-state index contributed by atoms with van der Waals surface area (Å²) in [5.74, 6) is 0.0852. The molecular weight excluding hydrogens is 416 g/mol. The molecule has 4 heterocycles. The molecule has 1 spiro atoms. The second-order valence-electron chi connectivity index (χ2n) is 10.5. The number of para-hydroxylation sites is 2. The summed E-state index contributed by atoms with van der Waals surface area (Å²) >= 11 is 0. The Hall–Kier alpha value is -3.09. The average Bonchev–Trinajstić information content (AvgIpc) is 3.61. The molecule has 5 aliphatic rings. The maximum Gasteiger partial charge on any atom is 0.242 e. The summed E-state index contributed by atoms with van der Waals surface area (Å²) < 4.78 is 2.25. The van der Waals surface area contributed by atoms with Gasteiger partial charge in [-0.25, -0.2) is 0 Å². The first-order valence-electron chi connectivity index (χ1n) is 12.2. The molecule has 3 amide bonds. The molecule has 0 unspecified atom stereocenters. The molecule has 2 saturated heterocycles. The predicted molar refractivity (Wildman–Crippen MR) is 121 cm³/mol. The fourth-order valence-electron chi connectivity index (χ4n) is 7.47. The zero-order chi connectivity index (χ0) is 22.3. The number of hydrogen-bond acceptors (Lipinski definition) is 4. The van der Waals surface area contributed by atoms with Crippen molar-refractivity contribution in [1.82, 2.24) is 14.4 Å². The number of piperidine rings is 1. The lowest BCUT2D eigenvalue weighted by molar-refractivity contribution is -0.147. The normalized spacial score (nSPS) is 30.9. The van der Waals surface area contributed by atoms with Crippen LogP contribution in [0.15, 0.2) is 42.6 Å². The molecule has 1 N–H and O–H groups in total. The highest BCUT2D eigenvalue weighted by Crippen LogP contribution is 2.56. The van der Waals surface area contributed by atoms with Crippen LogP contribution < -0.4 is 5.32 Å². The van der Waals surface area contributed by atoms with Crippen molar-refractivity contribution in [2.24, 2.45) is 23.7 Å². The van der Waals surface area contributed by atoms with Crippen LogP contribution in [0, 0.1) is 23.7 Å². The van der Waals surface area contributed by atoms with Gasteiger partial charge in [-0.3, -0.25) is 19.3 Å². The Balaban J connectivity index is 1.06. The highest BCUT2D eigenvalue weighted by atomic mass is 16.2. The van der Waals surface area contributed by atoms with Gasteiger partial charge in [-0.05, 0) is 68.2 Å². The van der Waals surface area contributed by atoms with Crippen molar-refractivity contribution in [3.8, 4) is 5.69 Å². The highest BCUT2D eigenvalue weighted by molar-refractivity contribution is 6.08. The Labute approximate surface area is 192 Å². The van der Waals surface area contributed by atoms with E-state index in [0.717, 1.165) is 43.5 Å². The standard InChI is InChI=1S/C26H28N4O3/c31-21(15-30-24(32)22-16-7-8-17(14-16)23(22)25(30)33)28-12-9-26(10-13-28)20-6-3-11-29(20)19-5-2-1-4-18(19)27-26/h1-6,11,16-17,22-23,27H,7-10,12-15H2/t16-,17-,22-,23+/m0/s1. The number of rotatable bonds is 2. The average molecular weight is 445 g/mol. The van der Waals surface area contributed by atoms with E-state index < -0.39 is 0 Å². The van der Waals surface area contributed by atoms with Crippen LogP contribution in [0.4, 0.5) is 5.69 Å². The third-order valence-corrected chi connectivity index (χ3v) is 9.06. The van der Waals surface area contributed by atoms with Gasteiger partial charge in [-0.1, -0.05) is 12.1 Å².